The highest BCUT2D eigenvalue weighted by Crippen LogP contribution is 2.22. The Morgan fingerprint density at radius 2 is 2.12 bits per heavy atom. The van der Waals surface area contributed by atoms with E-state index in [-0.39, 0.29) is 18.1 Å². The van der Waals surface area contributed by atoms with Crippen LogP contribution in [0.4, 0.5) is 0 Å². The number of carbonyl (C=O) groups is 2. The van der Waals surface area contributed by atoms with Crippen molar-refractivity contribution >= 4 is 23.0 Å². The normalized spacial score (nSPS) is 10.2. The molecule has 1 heterocycles. The molecule has 2 rings (SSSR count). The molecule has 0 N–H and O–H groups in total. The minimum absolute atomic E-state index is 0.0256. The van der Waals surface area contributed by atoms with Crippen molar-refractivity contribution in [2.24, 2.45) is 0 Å². The quantitative estimate of drug-likeness (QED) is 0.542. The molecule has 126 valence electrons. The maximum atomic E-state index is 12.7. The number of methoxy groups -OCH3 is 1. The van der Waals surface area contributed by atoms with E-state index in [1.807, 2.05) is 17.5 Å². The van der Waals surface area contributed by atoms with Crippen molar-refractivity contribution < 1.29 is 14.3 Å². The molecule has 0 saturated heterocycles. The molecule has 4 nitrogen and oxygen atoms in total. The molecule has 0 aliphatic carbocycles. The zero-order chi connectivity index (χ0) is 17.5. The molecule has 2 aromatic rings. The number of Topliss-reactive ketones (excluding diaryl/α,β-unsaturated/α-hetero) is 1. The van der Waals surface area contributed by atoms with Gasteiger partial charge in [0.05, 0.1) is 20.1 Å². The Balaban J connectivity index is 2.20. The van der Waals surface area contributed by atoms with Gasteiger partial charge in [0.15, 0.2) is 5.78 Å². The maximum absolute atomic E-state index is 12.7. The molecule has 0 atom stereocenters. The third kappa shape index (κ3) is 4.55. The fourth-order valence-corrected chi connectivity index (χ4v) is 3.13. The van der Waals surface area contributed by atoms with Crippen LogP contribution < -0.4 is 4.74 Å². The zero-order valence-electron chi connectivity index (χ0n) is 14.0. The summed E-state index contributed by atoms with van der Waals surface area (Å²) < 4.78 is 5.33. The van der Waals surface area contributed by atoms with Gasteiger partial charge in [0, 0.05) is 22.5 Å². The Morgan fingerprint density at radius 3 is 2.71 bits per heavy atom. The molecule has 0 bridgehead atoms. The highest BCUT2D eigenvalue weighted by atomic mass is 32.1. The molecule has 0 unspecified atom stereocenters. The molecule has 5 heteroatoms. The van der Waals surface area contributed by atoms with Crippen LogP contribution in [0.25, 0.3) is 0 Å². The number of hydrogen-bond donors (Lipinski definition) is 0. The molecule has 1 amide bonds. The van der Waals surface area contributed by atoms with Gasteiger partial charge in [-0.3, -0.25) is 9.59 Å². The summed E-state index contributed by atoms with van der Waals surface area (Å²) in [6.07, 6.45) is 1.90. The second-order valence-corrected chi connectivity index (χ2v) is 6.43. The van der Waals surface area contributed by atoms with Gasteiger partial charge < -0.3 is 9.64 Å². The van der Waals surface area contributed by atoms with Crippen molar-refractivity contribution in [3.8, 4) is 5.75 Å². The van der Waals surface area contributed by atoms with E-state index >= 15 is 0 Å². The lowest BCUT2D eigenvalue weighted by Gasteiger charge is -2.21. The number of nitrogens with zero attached hydrogens (tertiary/aromatic N) is 1. The summed E-state index contributed by atoms with van der Waals surface area (Å²) in [4.78, 5) is 27.2. The highest BCUT2D eigenvalue weighted by molar-refractivity contribution is 7.09. The predicted molar refractivity (Wildman–Crippen MR) is 96.6 cm³/mol. The number of rotatable bonds is 8. The zero-order valence-corrected chi connectivity index (χ0v) is 14.8. The van der Waals surface area contributed by atoms with Gasteiger partial charge in [0.2, 0.25) is 5.91 Å². The van der Waals surface area contributed by atoms with Crippen LogP contribution in [0, 0.1) is 0 Å². The first-order chi connectivity index (χ1) is 11.5. The second kappa shape index (κ2) is 8.45. The number of thiophene rings is 1. The Labute approximate surface area is 146 Å². The van der Waals surface area contributed by atoms with Crippen molar-refractivity contribution in [1.29, 1.82) is 0 Å². The Hall–Kier alpha value is -2.40. The van der Waals surface area contributed by atoms with E-state index in [1.54, 1.807) is 47.6 Å². The van der Waals surface area contributed by atoms with Crippen molar-refractivity contribution in [2.75, 3.05) is 13.7 Å². The fourth-order valence-electron chi connectivity index (χ4n) is 2.41. The minimum atomic E-state index is -0.0344. The van der Waals surface area contributed by atoms with Gasteiger partial charge in [-0.25, -0.2) is 0 Å². The lowest BCUT2D eigenvalue weighted by Crippen LogP contribution is -2.31. The topological polar surface area (TPSA) is 46.6 Å². The Kier molecular flexibility index (Phi) is 6.32. The molecule has 0 radical (unpaired) electrons. The summed E-state index contributed by atoms with van der Waals surface area (Å²) >= 11 is 1.62. The molecule has 0 saturated carbocycles. The van der Waals surface area contributed by atoms with Gasteiger partial charge in [0.1, 0.15) is 5.75 Å². The van der Waals surface area contributed by atoms with Crippen LogP contribution in [0.3, 0.4) is 0 Å². The smallest absolute Gasteiger partial charge is 0.227 e. The van der Waals surface area contributed by atoms with Crippen molar-refractivity contribution in [2.45, 2.75) is 19.9 Å². The number of carbonyl (C=O) groups excluding carboxylic acids is 2. The predicted octanol–water partition coefficient (Wildman–Crippen LogP) is 3.72. The van der Waals surface area contributed by atoms with Gasteiger partial charge in [0.25, 0.3) is 0 Å². The fraction of sp³-hybridized carbons (Fsp3) is 0.263. The monoisotopic (exact) mass is 343 g/mol. The summed E-state index contributed by atoms with van der Waals surface area (Å²) in [5.41, 5.74) is 1.29. The lowest BCUT2D eigenvalue weighted by atomic mass is 10.0. The van der Waals surface area contributed by atoms with Gasteiger partial charge in [-0.1, -0.05) is 12.1 Å². The summed E-state index contributed by atoms with van der Waals surface area (Å²) in [7, 11) is 1.56. The van der Waals surface area contributed by atoms with Gasteiger partial charge >= 0.3 is 0 Å². The van der Waals surface area contributed by atoms with E-state index in [1.165, 1.54) is 6.92 Å². The minimum Gasteiger partial charge on any atom is -0.496 e. The first kappa shape index (κ1) is 17.9. The van der Waals surface area contributed by atoms with E-state index in [0.717, 1.165) is 10.4 Å². The molecule has 0 aliphatic heterocycles. The number of ketones is 1. The van der Waals surface area contributed by atoms with E-state index in [9.17, 15) is 9.59 Å². The first-order valence-corrected chi connectivity index (χ1v) is 8.52. The van der Waals surface area contributed by atoms with Crippen molar-refractivity contribution in [3.63, 3.8) is 0 Å². The van der Waals surface area contributed by atoms with E-state index in [0.29, 0.717) is 24.4 Å². The number of amides is 1. The summed E-state index contributed by atoms with van der Waals surface area (Å²) in [5, 5.41) is 1.99. The van der Waals surface area contributed by atoms with Crippen LogP contribution in [-0.2, 0) is 17.8 Å². The highest BCUT2D eigenvalue weighted by Gasteiger charge is 2.17. The van der Waals surface area contributed by atoms with E-state index in [4.69, 9.17) is 4.74 Å². The van der Waals surface area contributed by atoms with Crippen molar-refractivity contribution in [3.05, 3.63) is 64.4 Å². The average molecular weight is 343 g/mol. The number of ether oxygens (including phenoxy) is 1. The third-order valence-electron chi connectivity index (χ3n) is 3.66. The third-order valence-corrected chi connectivity index (χ3v) is 4.52. The number of hydrogen-bond acceptors (Lipinski definition) is 4. The SMILES string of the molecule is C=CCN(Cc1cccs1)C(=O)Cc1cc(C(C)=O)ccc1OC. The molecule has 0 spiro atoms. The van der Waals surface area contributed by atoms with Gasteiger partial charge in [-0.2, -0.15) is 0 Å². The molecule has 0 aliphatic rings. The molecular weight excluding hydrogens is 322 g/mol. The summed E-state index contributed by atoms with van der Waals surface area (Å²) in [6.45, 7) is 6.27. The number of benzene rings is 1. The van der Waals surface area contributed by atoms with Crippen LogP contribution >= 0.6 is 11.3 Å². The molecule has 0 fully saturated rings. The first-order valence-electron chi connectivity index (χ1n) is 7.64. The van der Waals surface area contributed by atoms with Gasteiger partial charge in [-0.15, -0.1) is 17.9 Å². The molecular formula is C19H21NO3S. The Morgan fingerprint density at radius 1 is 1.33 bits per heavy atom. The van der Waals surface area contributed by atoms with Crippen LogP contribution in [0.1, 0.15) is 27.7 Å². The largest absolute Gasteiger partial charge is 0.496 e. The van der Waals surface area contributed by atoms with Crippen LogP contribution in [-0.4, -0.2) is 30.2 Å². The van der Waals surface area contributed by atoms with Crippen LogP contribution in [0.5, 0.6) is 5.75 Å². The lowest BCUT2D eigenvalue weighted by molar-refractivity contribution is -0.130. The summed E-state index contributed by atoms with van der Waals surface area (Å²) in [6, 6.07) is 9.15. The standard InChI is InChI=1S/C19H21NO3S/c1-4-9-20(13-17-6-5-10-24-17)19(22)12-16-11-15(14(2)21)7-8-18(16)23-3/h4-8,10-11H,1,9,12-13H2,2-3H3. The summed E-state index contributed by atoms with van der Waals surface area (Å²) in [5.74, 6) is 0.554. The molecule has 1 aromatic heterocycles. The van der Waals surface area contributed by atoms with E-state index < -0.39 is 0 Å². The molecule has 1 aromatic carbocycles. The average Bonchev–Trinajstić information content (AvgIpc) is 3.07. The van der Waals surface area contributed by atoms with E-state index in [2.05, 4.69) is 6.58 Å². The van der Waals surface area contributed by atoms with Crippen LogP contribution in [0.15, 0.2) is 48.4 Å². The Bertz CT molecular complexity index is 722. The maximum Gasteiger partial charge on any atom is 0.227 e. The molecule has 24 heavy (non-hydrogen) atoms. The second-order valence-electron chi connectivity index (χ2n) is 5.40. The van der Waals surface area contributed by atoms with Crippen LogP contribution in [0.2, 0.25) is 0 Å². The van der Waals surface area contributed by atoms with Gasteiger partial charge in [-0.05, 0) is 36.6 Å². The van der Waals surface area contributed by atoms with Crippen molar-refractivity contribution in [1.82, 2.24) is 4.90 Å².